The van der Waals surface area contributed by atoms with Gasteiger partial charge in [0, 0.05) is 11.3 Å². The Hall–Kier alpha value is -1.68. The lowest BCUT2D eigenvalue weighted by atomic mass is 10.2. The average Bonchev–Trinajstić information content (AvgIpc) is 2.78. The standard InChI is InChI=1S/C13H12N2OS/c16-12-10-7-4-8-11(10)14-13(17)15(12)9-5-2-1-3-6-9/h1-3,5-6H,4,7-8H2,(H,14,17). The summed E-state index contributed by atoms with van der Waals surface area (Å²) in [7, 11) is 0. The molecule has 1 heterocycles. The van der Waals surface area contributed by atoms with Gasteiger partial charge in [0.1, 0.15) is 0 Å². The summed E-state index contributed by atoms with van der Waals surface area (Å²) in [4.78, 5) is 15.5. The van der Waals surface area contributed by atoms with Crippen LogP contribution in [-0.2, 0) is 12.8 Å². The molecule has 3 nitrogen and oxygen atoms in total. The predicted octanol–water partition coefficient (Wildman–Crippen LogP) is 2.38. The van der Waals surface area contributed by atoms with Crippen LogP contribution in [0.4, 0.5) is 0 Å². The van der Waals surface area contributed by atoms with Crippen molar-refractivity contribution in [1.29, 1.82) is 0 Å². The normalized spacial score (nSPS) is 13.6. The molecule has 0 amide bonds. The first-order valence-electron chi connectivity index (χ1n) is 5.70. The van der Waals surface area contributed by atoms with Crippen molar-refractivity contribution in [3.8, 4) is 5.69 Å². The van der Waals surface area contributed by atoms with Gasteiger partial charge in [0.2, 0.25) is 0 Å². The highest BCUT2D eigenvalue weighted by Gasteiger charge is 2.17. The maximum atomic E-state index is 12.4. The van der Waals surface area contributed by atoms with E-state index in [1.165, 1.54) is 0 Å². The van der Waals surface area contributed by atoms with E-state index >= 15 is 0 Å². The van der Waals surface area contributed by atoms with Crippen molar-refractivity contribution in [2.24, 2.45) is 0 Å². The van der Waals surface area contributed by atoms with Crippen LogP contribution in [0.25, 0.3) is 5.69 Å². The van der Waals surface area contributed by atoms with E-state index in [4.69, 9.17) is 12.2 Å². The second-order valence-electron chi connectivity index (χ2n) is 4.22. The van der Waals surface area contributed by atoms with Gasteiger partial charge >= 0.3 is 0 Å². The van der Waals surface area contributed by atoms with Crippen LogP contribution in [0, 0.1) is 4.77 Å². The van der Waals surface area contributed by atoms with E-state index in [9.17, 15) is 4.79 Å². The minimum atomic E-state index is 0.0347. The number of nitrogens with one attached hydrogen (secondary N) is 1. The van der Waals surface area contributed by atoms with Crippen molar-refractivity contribution in [3.05, 3.63) is 56.7 Å². The largest absolute Gasteiger partial charge is 0.335 e. The number of aromatic nitrogens is 2. The van der Waals surface area contributed by atoms with E-state index in [-0.39, 0.29) is 5.56 Å². The van der Waals surface area contributed by atoms with E-state index in [1.807, 2.05) is 30.3 Å². The molecule has 1 N–H and O–H groups in total. The average molecular weight is 244 g/mol. The van der Waals surface area contributed by atoms with Gasteiger partial charge in [0.05, 0.1) is 5.69 Å². The van der Waals surface area contributed by atoms with Crippen LogP contribution in [0.1, 0.15) is 17.7 Å². The first kappa shape index (κ1) is 10.5. The summed E-state index contributed by atoms with van der Waals surface area (Å²) in [5, 5.41) is 0. The number of H-pyrrole nitrogens is 1. The lowest BCUT2D eigenvalue weighted by Gasteiger charge is -2.08. The highest BCUT2D eigenvalue weighted by atomic mass is 32.1. The van der Waals surface area contributed by atoms with Crippen LogP contribution >= 0.6 is 12.2 Å². The highest BCUT2D eigenvalue weighted by molar-refractivity contribution is 7.71. The topological polar surface area (TPSA) is 37.8 Å². The minimum Gasteiger partial charge on any atom is -0.335 e. The first-order valence-corrected chi connectivity index (χ1v) is 6.11. The summed E-state index contributed by atoms with van der Waals surface area (Å²) in [5.74, 6) is 0. The van der Waals surface area contributed by atoms with Gasteiger partial charge in [-0.15, -0.1) is 0 Å². The van der Waals surface area contributed by atoms with E-state index < -0.39 is 0 Å². The third-order valence-corrected chi connectivity index (χ3v) is 3.44. The molecule has 0 fully saturated rings. The summed E-state index contributed by atoms with van der Waals surface area (Å²) < 4.78 is 2.07. The molecule has 1 aromatic carbocycles. The molecule has 1 aliphatic rings. The lowest BCUT2D eigenvalue weighted by Crippen LogP contribution is -2.24. The Morgan fingerprint density at radius 2 is 1.94 bits per heavy atom. The summed E-state index contributed by atoms with van der Waals surface area (Å²) in [6.07, 6.45) is 2.83. The predicted molar refractivity (Wildman–Crippen MR) is 69.2 cm³/mol. The zero-order valence-corrected chi connectivity index (χ0v) is 10.1. The SMILES string of the molecule is O=c1c2c([nH]c(=S)n1-c1ccccc1)CCC2. The van der Waals surface area contributed by atoms with Gasteiger partial charge in [0.15, 0.2) is 4.77 Å². The van der Waals surface area contributed by atoms with Crippen molar-refractivity contribution in [2.75, 3.05) is 0 Å². The number of aromatic amines is 1. The van der Waals surface area contributed by atoms with Crippen LogP contribution in [0.5, 0.6) is 0 Å². The maximum absolute atomic E-state index is 12.4. The van der Waals surface area contributed by atoms with Crippen molar-refractivity contribution < 1.29 is 0 Å². The second-order valence-corrected chi connectivity index (χ2v) is 4.60. The van der Waals surface area contributed by atoms with E-state index in [2.05, 4.69) is 4.98 Å². The Balaban J connectivity index is 2.33. The Morgan fingerprint density at radius 1 is 1.18 bits per heavy atom. The molecule has 2 aromatic rings. The van der Waals surface area contributed by atoms with E-state index in [1.54, 1.807) is 4.57 Å². The number of para-hydroxylation sites is 1. The molecule has 0 bridgehead atoms. The molecule has 4 heteroatoms. The van der Waals surface area contributed by atoms with Gasteiger partial charge in [-0.05, 0) is 43.6 Å². The Morgan fingerprint density at radius 3 is 2.71 bits per heavy atom. The molecular weight excluding hydrogens is 232 g/mol. The number of benzene rings is 1. The molecule has 0 saturated carbocycles. The molecular formula is C13H12N2OS. The third kappa shape index (κ3) is 1.65. The van der Waals surface area contributed by atoms with Crippen LogP contribution < -0.4 is 5.56 Å². The van der Waals surface area contributed by atoms with Gasteiger partial charge in [-0.2, -0.15) is 0 Å². The first-order chi connectivity index (χ1) is 8.27. The van der Waals surface area contributed by atoms with Gasteiger partial charge in [-0.1, -0.05) is 18.2 Å². The van der Waals surface area contributed by atoms with Crippen LogP contribution in [0.3, 0.4) is 0 Å². The minimum absolute atomic E-state index is 0.0347. The monoisotopic (exact) mass is 244 g/mol. The molecule has 0 saturated heterocycles. The summed E-state index contributed by atoms with van der Waals surface area (Å²) in [6.45, 7) is 0. The number of hydrogen-bond acceptors (Lipinski definition) is 2. The Kier molecular flexibility index (Phi) is 2.44. The quantitative estimate of drug-likeness (QED) is 0.782. The zero-order valence-electron chi connectivity index (χ0n) is 9.27. The Bertz CT molecular complexity index is 670. The molecule has 0 atom stereocenters. The fourth-order valence-corrected chi connectivity index (χ4v) is 2.65. The smallest absolute Gasteiger partial charge is 0.262 e. The zero-order chi connectivity index (χ0) is 11.8. The molecule has 3 rings (SSSR count). The summed E-state index contributed by atoms with van der Waals surface area (Å²) >= 11 is 5.27. The molecule has 17 heavy (non-hydrogen) atoms. The van der Waals surface area contributed by atoms with Crippen molar-refractivity contribution in [1.82, 2.24) is 9.55 Å². The highest BCUT2D eigenvalue weighted by Crippen LogP contribution is 2.17. The Labute approximate surface area is 104 Å². The summed E-state index contributed by atoms with van der Waals surface area (Å²) in [5.41, 5.74) is 2.77. The molecule has 0 radical (unpaired) electrons. The lowest BCUT2D eigenvalue weighted by molar-refractivity contribution is 0.874. The molecule has 86 valence electrons. The number of hydrogen-bond donors (Lipinski definition) is 1. The van der Waals surface area contributed by atoms with Crippen LogP contribution in [-0.4, -0.2) is 9.55 Å². The maximum Gasteiger partial charge on any atom is 0.262 e. The number of aryl methyl sites for hydroxylation is 1. The van der Waals surface area contributed by atoms with E-state index in [0.29, 0.717) is 4.77 Å². The molecule has 0 spiro atoms. The van der Waals surface area contributed by atoms with Crippen LogP contribution in [0.2, 0.25) is 0 Å². The van der Waals surface area contributed by atoms with Crippen molar-refractivity contribution >= 4 is 12.2 Å². The summed E-state index contributed by atoms with van der Waals surface area (Å²) in [6, 6.07) is 9.53. The van der Waals surface area contributed by atoms with Gasteiger partial charge in [-0.3, -0.25) is 9.36 Å². The third-order valence-electron chi connectivity index (χ3n) is 3.15. The molecule has 0 unspecified atom stereocenters. The van der Waals surface area contributed by atoms with Crippen LogP contribution in [0.15, 0.2) is 35.1 Å². The van der Waals surface area contributed by atoms with Crippen molar-refractivity contribution in [3.63, 3.8) is 0 Å². The molecule has 1 aliphatic carbocycles. The molecule has 1 aromatic heterocycles. The number of rotatable bonds is 1. The van der Waals surface area contributed by atoms with Gasteiger partial charge in [-0.25, -0.2) is 0 Å². The van der Waals surface area contributed by atoms with Crippen molar-refractivity contribution in [2.45, 2.75) is 19.3 Å². The molecule has 0 aliphatic heterocycles. The fraction of sp³-hybridized carbons (Fsp3) is 0.231. The van der Waals surface area contributed by atoms with Gasteiger partial charge in [0.25, 0.3) is 5.56 Å². The fourth-order valence-electron chi connectivity index (χ4n) is 2.34. The number of fused-ring (bicyclic) bond motifs is 1. The second kappa shape index (κ2) is 3.96. The van der Waals surface area contributed by atoms with E-state index in [0.717, 1.165) is 36.2 Å². The number of nitrogens with zero attached hydrogens (tertiary/aromatic N) is 1. The van der Waals surface area contributed by atoms with Gasteiger partial charge < -0.3 is 4.98 Å².